The Kier molecular flexibility index (Phi) is 6.18. The Bertz CT molecular complexity index is 868. The third-order valence-electron chi connectivity index (χ3n) is 5.93. The maximum Gasteiger partial charge on any atom is 0.161 e. The molecule has 0 saturated carbocycles. The van der Waals surface area contributed by atoms with Crippen LogP contribution in [-0.2, 0) is 0 Å². The molecule has 0 N–H and O–H groups in total. The van der Waals surface area contributed by atoms with E-state index in [-0.39, 0.29) is 0 Å². The second kappa shape index (κ2) is 9.17. The molecule has 152 valence electrons. The van der Waals surface area contributed by atoms with Gasteiger partial charge in [-0.3, -0.25) is 9.88 Å². The number of pyridine rings is 1. The smallest absolute Gasteiger partial charge is 0.161 e. The third kappa shape index (κ3) is 4.64. The minimum Gasteiger partial charge on any atom is -0.471 e. The number of unbranched alkanes of at least 4 members (excludes halogenated alkanes) is 1. The zero-order chi connectivity index (χ0) is 20.1. The van der Waals surface area contributed by atoms with Gasteiger partial charge in [0, 0.05) is 50.8 Å². The Balaban J connectivity index is 1.19. The number of nitrogens with zero attached hydrogens (tertiary/aromatic N) is 4. The van der Waals surface area contributed by atoms with Crippen LogP contribution in [0.2, 0.25) is 0 Å². The van der Waals surface area contributed by atoms with Crippen LogP contribution >= 0.6 is 0 Å². The summed E-state index contributed by atoms with van der Waals surface area (Å²) in [7, 11) is 0. The molecule has 1 aromatic carbocycles. The molecule has 2 aliphatic rings. The van der Waals surface area contributed by atoms with E-state index in [9.17, 15) is 0 Å². The molecule has 3 heterocycles. The summed E-state index contributed by atoms with van der Waals surface area (Å²) in [6.45, 7) is 13.1. The predicted octanol–water partition coefficient (Wildman–Crippen LogP) is 4.03. The van der Waals surface area contributed by atoms with Gasteiger partial charge in [0.1, 0.15) is 5.75 Å². The first kappa shape index (κ1) is 19.6. The van der Waals surface area contributed by atoms with Gasteiger partial charge in [0.25, 0.3) is 0 Å². The van der Waals surface area contributed by atoms with Crippen molar-refractivity contribution >= 4 is 16.9 Å². The molecular formula is C24H30N4O. The van der Waals surface area contributed by atoms with Crippen molar-refractivity contribution in [2.45, 2.75) is 19.8 Å². The minimum absolute atomic E-state index is 0.653. The molecule has 4 rings (SSSR count). The quantitative estimate of drug-likeness (QED) is 0.526. The van der Waals surface area contributed by atoms with E-state index < -0.39 is 0 Å². The number of hydrogen-bond donors (Lipinski definition) is 0. The Morgan fingerprint density at radius 1 is 1.07 bits per heavy atom. The lowest BCUT2D eigenvalue weighted by Crippen LogP contribution is -2.46. The summed E-state index contributed by atoms with van der Waals surface area (Å²) in [5.74, 6) is 0.976. The van der Waals surface area contributed by atoms with E-state index in [0.717, 1.165) is 49.6 Å². The molecule has 2 aliphatic heterocycles. The van der Waals surface area contributed by atoms with Crippen molar-refractivity contribution in [2.24, 2.45) is 0 Å². The van der Waals surface area contributed by atoms with Crippen molar-refractivity contribution in [1.29, 1.82) is 0 Å². The van der Waals surface area contributed by atoms with E-state index in [0.29, 0.717) is 6.73 Å². The number of hydrogen-bond acceptors (Lipinski definition) is 5. The van der Waals surface area contributed by atoms with Gasteiger partial charge < -0.3 is 14.5 Å². The number of benzene rings is 1. The first-order valence-electron chi connectivity index (χ1n) is 10.5. The summed E-state index contributed by atoms with van der Waals surface area (Å²) in [5.41, 5.74) is 7.63. The summed E-state index contributed by atoms with van der Waals surface area (Å²) < 4.78 is 5.89. The van der Waals surface area contributed by atoms with E-state index in [4.69, 9.17) is 4.74 Å². The third-order valence-corrected chi connectivity index (χ3v) is 5.93. The number of fused-ring (bicyclic) bond motifs is 1. The van der Waals surface area contributed by atoms with E-state index in [2.05, 4.69) is 62.3 Å². The average molecular weight is 391 g/mol. The van der Waals surface area contributed by atoms with Crippen LogP contribution in [0.1, 0.15) is 25.3 Å². The molecule has 0 aliphatic carbocycles. The zero-order valence-electron chi connectivity index (χ0n) is 17.3. The van der Waals surface area contributed by atoms with Gasteiger partial charge in [-0.2, -0.15) is 0 Å². The maximum absolute atomic E-state index is 5.89. The van der Waals surface area contributed by atoms with Crippen molar-refractivity contribution < 1.29 is 4.74 Å². The van der Waals surface area contributed by atoms with Gasteiger partial charge in [-0.25, -0.2) is 0 Å². The Hall–Kier alpha value is -2.75. The predicted molar refractivity (Wildman–Crippen MR) is 120 cm³/mol. The standard InChI is InChI=1S/C24H30N4O/c1-3-20(2)21-6-7-23-24(18-21)29-19-28(23)13-5-4-12-26-14-16-27(17-15-26)22-8-10-25-11-9-22/h6-11,18H,1,4-5,12-17,19H2,2H3. The number of rotatable bonds is 7. The van der Waals surface area contributed by atoms with Crippen LogP contribution in [0.15, 0.2) is 55.0 Å². The lowest BCUT2D eigenvalue weighted by Gasteiger charge is -2.36. The number of aromatic nitrogens is 1. The van der Waals surface area contributed by atoms with Crippen LogP contribution in [0, 0.1) is 0 Å². The van der Waals surface area contributed by atoms with E-state index in [1.54, 1.807) is 0 Å². The lowest BCUT2D eigenvalue weighted by atomic mass is 10.1. The highest BCUT2D eigenvalue weighted by atomic mass is 16.5. The lowest BCUT2D eigenvalue weighted by molar-refractivity contribution is 0.252. The number of anilines is 2. The molecule has 0 bridgehead atoms. The molecule has 0 spiro atoms. The number of piperazine rings is 1. The Morgan fingerprint density at radius 3 is 2.59 bits per heavy atom. The van der Waals surface area contributed by atoms with Crippen LogP contribution in [-0.4, -0.2) is 55.9 Å². The minimum atomic E-state index is 0.653. The first-order chi connectivity index (χ1) is 14.2. The fourth-order valence-corrected chi connectivity index (χ4v) is 4.05. The van der Waals surface area contributed by atoms with E-state index >= 15 is 0 Å². The molecule has 29 heavy (non-hydrogen) atoms. The summed E-state index contributed by atoms with van der Waals surface area (Å²) in [6, 6.07) is 10.6. The van der Waals surface area contributed by atoms with Crippen LogP contribution in [0.4, 0.5) is 11.4 Å². The second-order valence-electron chi connectivity index (χ2n) is 7.76. The van der Waals surface area contributed by atoms with E-state index in [1.807, 2.05) is 19.3 Å². The van der Waals surface area contributed by atoms with Crippen LogP contribution in [0.5, 0.6) is 5.75 Å². The van der Waals surface area contributed by atoms with Gasteiger partial charge >= 0.3 is 0 Å². The molecular weight excluding hydrogens is 360 g/mol. The van der Waals surface area contributed by atoms with Crippen molar-refractivity contribution in [3.8, 4) is 5.75 Å². The molecule has 5 heteroatoms. The van der Waals surface area contributed by atoms with Crippen LogP contribution < -0.4 is 14.5 Å². The molecule has 0 unspecified atom stereocenters. The van der Waals surface area contributed by atoms with Gasteiger partial charge in [-0.05, 0) is 61.7 Å². The van der Waals surface area contributed by atoms with Crippen LogP contribution in [0.25, 0.3) is 5.57 Å². The number of ether oxygens (including phenoxy) is 1. The molecule has 0 radical (unpaired) electrons. The monoisotopic (exact) mass is 390 g/mol. The summed E-state index contributed by atoms with van der Waals surface area (Å²) in [5, 5.41) is 0. The Labute approximate surface area is 173 Å². The summed E-state index contributed by atoms with van der Waals surface area (Å²) >= 11 is 0. The first-order valence-corrected chi connectivity index (χ1v) is 10.5. The van der Waals surface area contributed by atoms with Gasteiger partial charge in [-0.15, -0.1) is 5.73 Å². The highest BCUT2D eigenvalue weighted by Gasteiger charge is 2.21. The molecule has 0 amide bonds. The maximum atomic E-state index is 5.89. The largest absolute Gasteiger partial charge is 0.471 e. The van der Waals surface area contributed by atoms with Crippen LogP contribution in [0.3, 0.4) is 0 Å². The molecule has 1 fully saturated rings. The molecule has 1 aromatic heterocycles. The summed E-state index contributed by atoms with van der Waals surface area (Å²) in [4.78, 5) is 11.5. The van der Waals surface area contributed by atoms with Gasteiger partial charge in [0.2, 0.25) is 0 Å². The second-order valence-corrected chi connectivity index (χ2v) is 7.76. The molecule has 5 nitrogen and oxygen atoms in total. The average Bonchev–Trinajstić information content (AvgIpc) is 3.19. The normalized spacial score (nSPS) is 16.3. The highest BCUT2D eigenvalue weighted by Crippen LogP contribution is 2.36. The van der Waals surface area contributed by atoms with Crippen molar-refractivity contribution in [3.63, 3.8) is 0 Å². The van der Waals surface area contributed by atoms with Gasteiger partial charge in [0.15, 0.2) is 6.73 Å². The topological polar surface area (TPSA) is 31.8 Å². The van der Waals surface area contributed by atoms with Crippen molar-refractivity contribution in [2.75, 3.05) is 55.8 Å². The molecule has 1 saturated heterocycles. The zero-order valence-corrected chi connectivity index (χ0v) is 17.3. The molecule has 2 aromatic rings. The van der Waals surface area contributed by atoms with Crippen molar-refractivity contribution in [1.82, 2.24) is 9.88 Å². The number of allylic oxidation sites excluding steroid dienone is 1. The Morgan fingerprint density at radius 2 is 1.83 bits per heavy atom. The van der Waals surface area contributed by atoms with Gasteiger partial charge in [0.05, 0.1) is 5.69 Å². The fourth-order valence-electron chi connectivity index (χ4n) is 4.05. The van der Waals surface area contributed by atoms with E-state index in [1.165, 1.54) is 30.8 Å². The molecule has 0 atom stereocenters. The summed E-state index contributed by atoms with van der Waals surface area (Å²) in [6.07, 6.45) is 6.15. The highest BCUT2D eigenvalue weighted by molar-refractivity contribution is 5.71. The van der Waals surface area contributed by atoms with Crippen molar-refractivity contribution in [3.05, 3.63) is 60.6 Å². The van der Waals surface area contributed by atoms with Gasteiger partial charge in [-0.1, -0.05) is 12.6 Å². The SMILES string of the molecule is C=C=C(C)c1ccc2c(c1)OCN2CCCCN1CCN(c2ccncc2)CC1. The fraction of sp³-hybridized carbons (Fsp3) is 0.417.